The Kier molecular flexibility index (Phi) is 4.87. The monoisotopic (exact) mass is 284 g/mol. The average Bonchev–Trinajstić information content (AvgIpc) is 2.30. The third-order valence-corrected chi connectivity index (χ3v) is 3.68. The Bertz CT molecular complexity index is 486. The number of rotatable bonds is 3. The summed E-state index contributed by atoms with van der Waals surface area (Å²) < 4.78 is 26.8. The fraction of sp³-hybridized carbons (Fsp3) is 0.571. The lowest BCUT2D eigenvalue weighted by molar-refractivity contribution is -0.386. The molecule has 110 valence electrons. The number of nitrogens with zero attached hydrogens (tertiary/aromatic N) is 1. The quantitative estimate of drug-likeness (QED) is 0.661. The van der Waals surface area contributed by atoms with Crippen molar-refractivity contribution in [2.45, 2.75) is 51.0 Å². The molecule has 4 nitrogen and oxygen atoms in total. The van der Waals surface area contributed by atoms with Crippen LogP contribution >= 0.6 is 0 Å². The van der Waals surface area contributed by atoms with E-state index in [0.717, 1.165) is 44.6 Å². The summed E-state index contributed by atoms with van der Waals surface area (Å²) in [6.07, 6.45) is 7.29. The van der Waals surface area contributed by atoms with E-state index in [4.69, 9.17) is 0 Å². The zero-order valence-corrected chi connectivity index (χ0v) is 11.2. The van der Waals surface area contributed by atoms with Crippen molar-refractivity contribution in [2.75, 3.05) is 5.32 Å². The number of benzene rings is 1. The molecule has 1 aromatic rings. The van der Waals surface area contributed by atoms with Crippen molar-refractivity contribution in [3.63, 3.8) is 0 Å². The van der Waals surface area contributed by atoms with Crippen LogP contribution in [0.25, 0.3) is 0 Å². The number of hydrogen-bond donors (Lipinski definition) is 1. The van der Waals surface area contributed by atoms with Gasteiger partial charge >= 0.3 is 5.69 Å². The molecule has 20 heavy (non-hydrogen) atoms. The van der Waals surface area contributed by atoms with E-state index >= 15 is 0 Å². The summed E-state index contributed by atoms with van der Waals surface area (Å²) in [5.74, 6) is -1.94. The van der Waals surface area contributed by atoms with Gasteiger partial charge in [-0.1, -0.05) is 32.1 Å². The van der Waals surface area contributed by atoms with E-state index in [2.05, 4.69) is 5.32 Å². The Morgan fingerprint density at radius 2 is 1.70 bits per heavy atom. The van der Waals surface area contributed by atoms with Crippen LogP contribution in [0.2, 0.25) is 0 Å². The van der Waals surface area contributed by atoms with Crippen LogP contribution in [0.1, 0.15) is 44.9 Å². The van der Waals surface area contributed by atoms with E-state index < -0.39 is 22.2 Å². The minimum absolute atomic E-state index is 0.0372. The molecule has 0 aromatic heterocycles. The van der Waals surface area contributed by atoms with Crippen LogP contribution in [0.3, 0.4) is 0 Å². The molecule has 6 heteroatoms. The zero-order valence-electron chi connectivity index (χ0n) is 11.2. The molecular formula is C14H18F2N2O2. The minimum Gasteiger partial charge on any atom is -0.377 e. The first-order valence-electron chi connectivity index (χ1n) is 6.98. The van der Waals surface area contributed by atoms with Gasteiger partial charge in [-0.3, -0.25) is 10.1 Å². The molecule has 1 aromatic carbocycles. The lowest BCUT2D eigenvalue weighted by Crippen LogP contribution is -2.21. The Hall–Kier alpha value is -1.72. The lowest BCUT2D eigenvalue weighted by Gasteiger charge is -2.22. The largest absolute Gasteiger partial charge is 0.377 e. The summed E-state index contributed by atoms with van der Waals surface area (Å²) in [6, 6.07) is 1.58. The number of halogens is 2. The molecule has 0 amide bonds. The molecule has 0 aliphatic heterocycles. The zero-order chi connectivity index (χ0) is 14.5. The van der Waals surface area contributed by atoms with E-state index in [-0.39, 0.29) is 11.7 Å². The fourth-order valence-corrected chi connectivity index (χ4v) is 2.68. The SMILES string of the molecule is O=[N+]([O-])c1c(F)cc(F)cc1NC1CCCCCCC1. The van der Waals surface area contributed by atoms with Crippen LogP contribution in [0.4, 0.5) is 20.2 Å². The van der Waals surface area contributed by atoms with E-state index in [9.17, 15) is 18.9 Å². The predicted molar refractivity (Wildman–Crippen MR) is 72.7 cm³/mol. The fourth-order valence-electron chi connectivity index (χ4n) is 2.68. The van der Waals surface area contributed by atoms with Crippen molar-refractivity contribution < 1.29 is 13.7 Å². The highest BCUT2D eigenvalue weighted by molar-refractivity contribution is 5.62. The van der Waals surface area contributed by atoms with Crippen LogP contribution in [0.5, 0.6) is 0 Å². The van der Waals surface area contributed by atoms with Crippen LogP contribution in [0, 0.1) is 21.7 Å². The highest BCUT2D eigenvalue weighted by Crippen LogP contribution is 2.31. The molecule has 0 bridgehead atoms. The number of nitro benzene ring substituents is 1. The van der Waals surface area contributed by atoms with Gasteiger partial charge in [-0.25, -0.2) is 4.39 Å². The predicted octanol–water partition coefficient (Wildman–Crippen LogP) is 4.40. The van der Waals surface area contributed by atoms with Crippen molar-refractivity contribution in [3.8, 4) is 0 Å². The highest BCUT2D eigenvalue weighted by atomic mass is 19.1. The minimum atomic E-state index is -1.14. The number of nitrogens with one attached hydrogen (secondary N) is 1. The molecule has 0 heterocycles. The Labute approximate surface area is 116 Å². The van der Waals surface area contributed by atoms with Crippen LogP contribution in [-0.2, 0) is 0 Å². The smallest absolute Gasteiger partial charge is 0.327 e. The first kappa shape index (κ1) is 14.7. The van der Waals surface area contributed by atoms with Gasteiger partial charge in [0.2, 0.25) is 5.82 Å². The van der Waals surface area contributed by atoms with Gasteiger partial charge in [0.15, 0.2) is 0 Å². The number of anilines is 1. The molecule has 1 saturated carbocycles. The van der Waals surface area contributed by atoms with Gasteiger partial charge < -0.3 is 5.32 Å². The standard InChI is InChI=1S/C14H18F2N2O2/c15-10-8-12(16)14(18(19)20)13(9-10)17-11-6-4-2-1-3-5-7-11/h8-9,11,17H,1-7H2. The molecule has 0 saturated heterocycles. The van der Waals surface area contributed by atoms with Crippen molar-refractivity contribution in [1.29, 1.82) is 0 Å². The summed E-state index contributed by atoms with van der Waals surface area (Å²) in [5, 5.41) is 13.9. The maximum absolute atomic E-state index is 13.5. The topological polar surface area (TPSA) is 55.2 Å². The van der Waals surface area contributed by atoms with Gasteiger partial charge in [0.05, 0.1) is 4.92 Å². The third-order valence-electron chi connectivity index (χ3n) is 3.68. The molecule has 0 atom stereocenters. The van der Waals surface area contributed by atoms with Crippen LogP contribution in [0.15, 0.2) is 12.1 Å². The number of nitro groups is 1. The van der Waals surface area contributed by atoms with E-state index in [1.807, 2.05) is 0 Å². The van der Waals surface area contributed by atoms with Gasteiger partial charge in [0, 0.05) is 18.2 Å². The van der Waals surface area contributed by atoms with Gasteiger partial charge in [-0.2, -0.15) is 4.39 Å². The molecule has 0 spiro atoms. The first-order valence-corrected chi connectivity index (χ1v) is 6.98. The second-order valence-corrected chi connectivity index (χ2v) is 5.23. The van der Waals surface area contributed by atoms with Crippen molar-refractivity contribution in [3.05, 3.63) is 33.9 Å². The van der Waals surface area contributed by atoms with Crippen LogP contribution in [-0.4, -0.2) is 11.0 Å². The van der Waals surface area contributed by atoms with Crippen molar-refractivity contribution in [2.24, 2.45) is 0 Å². The summed E-state index contributed by atoms with van der Waals surface area (Å²) in [7, 11) is 0. The molecular weight excluding hydrogens is 266 g/mol. The third kappa shape index (κ3) is 3.65. The van der Waals surface area contributed by atoms with Crippen molar-refractivity contribution in [1.82, 2.24) is 0 Å². The summed E-state index contributed by atoms with van der Waals surface area (Å²) in [4.78, 5) is 10.1. The molecule has 1 N–H and O–H groups in total. The van der Waals surface area contributed by atoms with Crippen molar-refractivity contribution >= 4 is 11.4 Å². The van der Waals surface area contributed by atoms with E-state index in [1.165, 1.54) is 6.42 Å². The normalized spacial score (nSPS) is 17.3. The molecule has 1 aliphatic rings. The second kappa shape index (κ2) is 6.63. The molecule has 0 radical (unpaired) electrons. The Morgan fingerprint density at radius 3 is 2.30 bits per heavy atom. The maximum atomic E-state index is 13.5. The first-order chi connectivity index (χ1) is 9.58. The molecule has 0 unspecified atom stereocenters. The average molecular weight is 284 g/mol. The molecule has 1 aliphatic carbocycles. The van der Waals surface area contributed by atoms with E-state index in [0.29, 0.717) is 6.07 Å². The van der Waals surface area contributed by atoms with Gasteiger partial charge in [-0.15, -0.1) is 0 Å². The highest BCUT2D eigenvalue weighted by Gasteiger charge is 2.24. The van der Waals surface area contributed by atoms with Crippen LogP contribution < -0.4 is 5.32 Å². The Balaban J connectivity index is 2.20. The summed E-state index contributed by atoms with van der Waals surface area (Å²) in [6.45, 7) is 0. The second-order valence-electron chi connectivity index (χ2n) is 5.23. The maximum Gasteiger partial charge on any atom is 0.327 e. The van der Waals surface area contributed by atoms with E-state index in [1.54, 1.807) is 0 Å². The molecule has 2 rings (SSSR count). The Morgan fingerprint density at radius 1 is 1.10 bits per heavy atom. The molecule has 1 fully saturated rings. The van der Waals surface area contributed by atoms with Gasteiger partial charge in [0.25, 0.3) is 0 Å². The van der Waals surface area contributed by atoms with Gasteiger partial charge in [0.1, 0.15) is 11.5 Å². The number of hydrogen-bond acceptors (Lipinski definition) is 3. The lowest BCUT2D eigenvalue weighted by atomic mass is 9.96. The summed E-state index contributed by atoms with van der Waals surface area (Å²) in [5.41, 5.74) is -0.730. The van der Waals surface area contributed by atoms with Gasteiger partial charge in [-0.05, 0) is 12.8 Å². The summed E-state index contributed by atoms with van der Waals surface area (Å²) >= 11 is 0.